The number of nitrogens with two attached hydrogens (primary N) is 1. The smallest absolute Gasteiger partial charge is 0.153 e. The maximum Gasteiger partial charge on any atom is 0.153 e. The van der Waals surface area contributed by atoms with Crippen LogP contribution in [0.3, 0.4) is 0 Å². The number of nitrogen functional groups attached to an aromatic ring is 1. The van der Waals surface area contributed by atoms with Crippen LogP contribution < -0.4 is 10.6 Å². The second kappa shape index (κ2) is 4.43. The van der Waals surface area contributed by atoms with E-state index in [1.807, 2.05) is 0 Å². The van der Waals surface area contributed by atoms with Gasteiger partial charge in [0.25, 0.3) is 0 Å². The maximum absolute atomic E-state index is 6.11. The lowest BCUT2D eigenvalue weighted by Crippen LogP contribution is -2.50. The Morgan fingerprint density at radius 2 is 2.19 bits per heavy atom. The minimum absolute atomic E-state index is 0.346. The van der Waals surface area contributed by atoms with Gasteiger partial charge in [-0.05, 0) is 14.0 Å². The summed E-state index contributed by atoms with van der Waals surface area (Å²) in [6.45, 7) is 5.01. The van der Waals surface area contributed by atoms with Crippen molar-refractivity contribution in [3.8, 4) is 0 Å². The number of anilines is 2. The molecule has 0 aliphatic carbocycles. The molecule has 1 aliphatic heterocycles. The monoisotopic (exact) mass is 241 g/mol. The Kier molecular flexibility index (Phi) is 3.16. The summed E-state index contributed by atoms with van der Waals surface area (Å²) in [5.41, 5.74) is 5.67. The minimum Gasteiger partial charge on any atom is -0.382 e. The zero-order valence-corrected chi connectivity index (χ0v) is 10.3. The van der Waals surface area contributed by atoms with Crippen molar-refractivity contribution in [2.24, 2.45) is 0 Å². The quantitative estimate of drug-likeness (QED) is 0.790. The molecule has 16 heavy (non-hydrogen) atoms. The second-order valence-corrected chi connectivity index (χ2v) is 4.55. The first kappa shape index (κ1) is 11.4. The molecule has 5 nitrogen and oxygen atoms in total. The van der Waals surface area contributed by atoms with Gasteiger partial charge in [-0.2, -0.15) is 0 Å². The van der Waals surface area contributed by atoms with Crippen molar-refractivity contribution >= 4 is 23.2 Å². The van der Waals surface area contributed by atoms with E-state index >= 15 is 0 Å². The van der Waals surface area contributed by atoms with Crippen molar-refractivity contribution in [1.29, 1.82) is 0 Å². The topological polar surface area (TPSA) is 58.3 Å². The first-order valence-electron chi connectivity index (χ1n) is 5.30. The van der Waals surface area contributed by atoms with Crippen LogP contribution in [-0.2, 0) is 0 Å². The number of likely N-dealkylation sites (N-methyl/N-ethyl adjacent to an activating group) is 1. The van der Waals surface area contributed by atoms with Gasteiger partial charge in [0.15, 0.2) is 5.82 Å². The van der Waals surface area contributed by atoms with Gasteiger partial charge >= 0.3 is 0 Å². The van der Waals surface area contributed by atoms with E-state index in [2.05, 4.69) is 33.7 Å². The Bertz CT molecular complexity index is 383. The van der Waals surface area contributed by atoms with Crippen LogP contribution in [0.25, 0.3) is 0 Å². The Morgan fingerprint density at radius 1 is 1.44 bits per heavy atom. The van der Waals surface area contributed by atoms with Crippen LogP contribution in [0.4, 0.5) is 11.6 Å². The molecule has 2 rings (SSSR count). The van der Waals surface area contributed by atoms with E-state index < -0.39 is 0 Å². The third-order valence-electron chi connectivity index (χ3n) is 3.06. The molecule has 1 aliphatic rings. The van der Waals surface area contributed by atoms with Crippen molar-refractivity contribution in [2.75, 3.05) is 37.3 Å². The molecule has 1 aromatic rings. The summed E-state index contributed by atoms with van der Waals surface area (Å²) in [7, 11) is 2.12. The number of nitrogens with zero attached hydrogens (tertiary/aromatic N) is 4. The lowest BCUT2D eigenvalue weighted by atomic mass is 10.2. The predicted molar refractivity (Wildman–Crippen MR) is 65.8 cm³/mol. The molecule has 0 radical (unpaired) electrons. The number of halogens is 1. The van der Waals surface area contributed by atoms with Gasteiger partial charge in [0.2, 0.25) is 0 Å². The highest BCUT2D eigenvalue weighted by Crippen LogP contribution is 2.28. The molecule has 1 fully saturated rings. The van der Waals surface area contributed by atoms with Gasteiger partial charge < -0.3 is 15.5 Å². The molecule has 1 atom stereocenters. The summed E-state index contributed by atoms with van der Waals surface area (Å²) in [5, 5.41) is 0.458. The van der Waals surface area contributed by atoms with Gasteiger partial charge in [0, 0.05) is 25.7 Å². The average molecular weight is 242 g/mol. The van der Waals surface area contributed by atoms with Crippen LogP contribution >= 0.6 is 11.6 Å². The molecule has 0 spiro atoms. The normalized spacial score (nSPS) is 22.4. The average Bonchev–Trinajstić information content (AvgIpc) is 2.26. The first-order chi connectivity index (χ1) is 7.59. The lowest BCUT2D eigenvalue weighted by Gasteiger charge is -2.38. The first-order valence-corrected chi connectivity index (χ1v) is 5.68. The fourth-order valence-corrected chi connectivity index (χ4v) is 2.05. The maximum atomic E-state index is 6.11. The van der Waals surface area contributed by atoms with E-state index in [4.69, 9.17) is 17.3 Å². The summed E-state index contributed by atoms with van der Waals surface area (Å²) < 4.78 is 0. The summed E-state index contributed by atoms with van der Waals surface area (Å²) in [4.78, 5) is 12.5. The van der Waals surface area contributed by atoms with Gasteiger partial charge in [-0.1, -0.05) is 11.6 Å². The number of hydrogen-bond acceptors (Lipinski definition) is 5. The van der Waals surface area contributed by atoms with Crippen molar-refractivity contribution in [2.45, 2.75) is 13.0 Å². The van der Waals surface area contributed by atoms with Gasteiger partial charge in [-0.3, -0.25) is 0 Å². The Labute approximate surface area is 100 Å². The molecule has 0 amide bonds. The third-order valence-corrected chi connectivity index (χ3v) is 3.42. The van der Waals surface area contributed by atoms with Crippen molar-refractivity contribution < 1.29 is 0 Å². The van der Waals surface area contributed by atoms with Crippen LogP contribution in [0.5, 0.6) is 0 Å². The molecule has 88 valence electrons. The standard InChI is InChI=1S/C10H16ClN5/c1-7-5-16(4-3-15(7)2)10-8(11)9(12)13-6-14-10/h6-7H,3-5H2,1-2H3,(H2,12,13,14). The van der Waals surface area contributed by atoms with Crippen molar-refractivity contribution in [3.05, 3.63) is 11.3 Å². The number of piperazine rings is 1. The summed E-state index contributed by atoms with van der Waals surface area (Å²) in [6.07, 6.45) is 1.46. The van der Waals surface area contributed by atoms with Crippen LogP contribution in [0.15, 0.2) is 6.33 Å². The molecule has 2 N–H and O–H groups in total. The number of rotatable bonds is 1. The van der Waals surface area contributed by atoms with Crippen LogP contribution in [0.2, 0.25) is 5.02 Å². The molecule has 1 saturated heterocycles. The van der Waals surface area contributed by atoms with Crippen LogP contribution in [0, 0.1) is 0 Å². The van der Waals surface area contributed by atoms with E-state index in [-0.39, 0.29) is 0 Å². The van der Waals surface area contributed by atoms with Crippen LogP contribution in [0.1, 0.15) is 6.92 Å². The van der Waals surface area contributed by atoms with E-state index in [1.165, 1.54) is 6.33 Å². The Balaban J connectivity index is 2.22. The van der Waals surface area contributed by atoms with E-state index in [0.717, 1.165) is 25.5 Å². The van der Waals surface area contributed by atoms with E-state index in [9.17, 15) is 0 Å². The van der Waals surface area contributed by atoms with Gasteiger partial charge in [0.1, 0.15) is 17.2 Å². The summed E-state index contributed by atoms with van der Waals surface area (Å²) >= 11 is 6.11. The van der Waals surface area contributed by atoms with Crippen molar-refractivity contribution in [3.63, 3.8) is 0 Å². The fourth-order valence-electron chi connectivity index (χ4n) is 1.83. The SMILES string of the molecule is CC1CN(c2ncnc(N)c2Cl)CCN1C. The molecule has 0 aromatic carbocycles. The Morgan fingerprint density at radius 3 is 2.88 bits per heavy atom. The largest absolute Gasteiger partial charge is 0.382 e. The molecular formula is C10H16ClN5. The van der Waals surface area contributed by atoms with Crippen LogP contribution in [-0.4, -0.2) is 47.6 Å². The molecule has 1 aromatic heterocycles. The zero-order valence-electron chi connectivity index (χ0n) is 9.52. The Hall–Kier alpha value is -1.07. The van der Waals surface area contributed by atoms with E-state index in [1.54, 1.807) is 0 Å². The van der Waals surface area contributed by atoms with Gasteiger partial charge in [-0.25, -0.2) is 9.97 Å². The fraction of sp³-hybridized carbons (Fsp3) is 0.600. The molecular weight excluding hydrogens is 226 g/mol. The number of aromatic nitrogens is 2. The van der Waals surface area contributed by atoms with E-state index in [0.29, 0.717) is 16.9 Å². The third kappa shape index (κ3) is 2.05. The second-order valence-electron chi connectivity index (χ2n) is 4.17. The number of hydrogen-bond donors (Lipinski definition) is 1. The molecule has 0 saturated carbocycles. The molecule has 0 bridgehead atoms. The molecule has 2 heterocycles. The summed E-state index contributed by atoms with van der Waals surface area (Å²) in [6, 6.07) is 0.487. The molecule has 1 unspecified atom stereocenters. The lowest BCUT2D eigenvalue weighted by molar-refractivity contribution is 0.233. The highest BCUT2D eigenvalue weighted by atomic mass is 35.5. The minimum atomic E-state index is 0.346. The molecule has 6 heteroatoms. The highest BCUT2D eigenvalue weighted by molar-refractivity contribution is 6.35. The zero-order chi connectivity index (χ0) is 11.7. The van der Waals surface area contributed by atoms with Gasteiger partial charge in [0.05, 0.1) is 0 Å². The highest BCUT2D eigenvalue weighted by Gasteiger charge is 2.23. The summed E-state index contributed by atoms with van der Waals surface area (Å²) in [5.74, 6) is 1.09. The predicted octanol–water partition coefficient (Wildman–Crippen LogP) is 0.853. The van der Waals surface area contributed by atoms with Crippen molar-refractivity contribution in [1.82, 2.24) is 14.9 Å². The van der Waals surface area contributed by atoms with Gasteiger partial charge in [-0.15, -0.1) is 0 Å².